The average molecular weight is 443 g/mol. The van der Waals surface area contributed by atoms with Crippen molar-refractivity contribution in [1.29, 1.82) is 0 Å². The van der Waals surface area contributed by atoms with Crippen molar-refractivity contribution >= 4 is 0 Å². The van der Waals surface area contributed by atoms with E-state index in [4.69, 9.17) is 9.47 Å². The van der Waals surface area contributed by atoms with Gasteiger partial charge in [0.1, 0.15) is 23.7 Å². The van der Waals surface area contributed by atoms with Crippen molar-refractivity contribution in [3.05, 3.63) is 35.9 Å². The summed E-state index contributed by atoms with van der Waals surface area (Å²) < 4.78 is 12.3. The first kappa shape index (κ1) is 26.8. The van der Waals surface area contributed by atoms with E-state index in [2.05, 4.69) is 60.3 Å². The molecule has 0 bridgehead atoms. The summed E-state index contributed by atoms with van der Waals surface area (Å²) in [5.41, 5.74) is 2.44. The zero-order chi connectivity index (χ0) is 23.6. The highest BCUT2D eigenvalue weighted by Crippen LogP contribution is 2.40. The largest absolute Gasteiger partial charge is 0.490 e. The molecule has 0 saturated heterocycles. The van der Waals surface area contributed by atoms with E-state index in [9.17, 15) is 0 Å². The van der Waals surface area contributed by atoms with Gasteiger partial charge in [0.25, 0.3) is 0 Å². The van der Waals surface area contributed by atoms with Gasteiger partial charge in [0.2, 0.25) is 0 Å². The second-order valence-corrected chi connectivity index (χ2v) is 11.2. The fourth-order valence-electron chi connectivity index (χ4n) is 5.06. The normalized spacial score (nSPS) is 19.8. The molecule has 0 aromatic heterocycles. The molecule has 1 aromatic carbocycles. The van der Waals surface area contributed by atoms with Crippen LogP contribution < -0.4 is 9.47 Å². The maximum Gasteiger partial charge on any atom is 0.126 e. The van der Waals surface area contributed by atoms with Crippen LogP contribution in [0.5, 0.6) is 11.5 Å². The van der Waals surface area contributed by atoms with Crippen LogP contribution in [0.3, 0.4) is 0 Å². The van der Waals surface area contributed by atoms with E-state index in [-0.39, 0.29) is 5.60 Å². The number of hydrogen-bond donors (Lipinski definition) is 0. The molecule has 0 N–H and O–H groups in total. The Balaban J connectivity index is 1.70. The lowest BCUT2D eigenvalue weighted by Crippen LogP contribution is -2.36. The third-order valence-electron chi connectivity index (χ3n) is 7.24. The molecule has 2 heteroatoms. The molecule has 0 amide bonds. The quantitative estimate of drug-likeness (QED) is 0.252. The lowest BCUT2D eigenvalue weighted by atomic mass is 9.85. The molecule has 1 aromatic rings. The molecular weight excluding hydrogens is 392 g/mol. The van der Waals surface area contributed by atoms with Crippen LogP contribution in [-0.2, 0) is 6.42 Å². The molecule has 1 heterocycles. The molecule has 0 spiro atoms. The van der Waals surface area contributed by atoms with E-state index < -0.39 is 0 Å². The standard InChI is InChI=1S/C30H50O2/c1-8-20-31-28-21-26(6)29-27(22-28)17-19-30(7,32-29)18-11-16-25(5)15-10-14-24(4)13-9-12-23(2)3/h8,21-25H,1,9-20H2,2-7H3. The number of rotatable bonds is 15. The van der Waals surface area contributed by atoms with Crippen LogP contribution in [0, 0.1) is 24.7 Å². The number of ether oxygens (including phenoxy) is 2. The Hall–Kier alpha value is -1.44. The molecule has 182 valence electrons. The zero-order valence-corrected chi connectivity index (χ0v) is 22.0. The minimum Gasteiger partial charge on any atom is -0.490 e. The lowest BCUT2D eigenvalue weighted by molar-refractivity contribution is 0.0514. The first-order chi connectivity index (χ1) is 15.2. The van der Waals surface area contributed by atoms with E-state index in [1.54, 1.807) is 6.08 Å². The number of hydrogen-bond acceptors (Lipinski definition) is 2. The second-order valence-electron chi connectivity index (χ2n) is 11.2. The van der Waals surface area contributed by atoms with Gasteiger partial charge in [-0.05, 0) is 80.5 Å². The third kappa shape index (κ3) is 9.20. The molecule has 32 heavy (non-hydrogen) atoms. The molecule has 0 aliphatic carbocycles. The van der Waals surface area contributed by atoms with Gasteiger partial charge in [0, 0.05) is 0 Å². The highest BCUT2D eigenvalue weighted by atomic mass is 16.5. The van der Waals surface area contributed by atoms with Gasteiger partial charge >= 0.3 is 0 Å². The maximum atomic E-state index is 6.58. The Morgan fingerprint density at radius 2 is 1.62 bits per heavy atom. The molecule has 2 rings (SSSR count). The summed E-state index contributed by atoms with van der Waals surface area (Å²) in [6, 6.07) is 4.25. The molecular formula is C30H50O2. The molecule has 1 aliphatic rings. The minimum atomic E-state index is -0.0358. The van der Waals surface area contributed by atoms with Crippen LogP contribution in [0.1, 0.15) is 110 Å². The zero-order valence-electron chi connectivity index (χ0n) is 22.0. The van der Waals surface area contributed by atoms with Gasteiger partial charge in [0.05, 0.1) is 0 Å². The highest BCUT2D eigenvalue weighted by molar-refractivity contribution is 5.48. The van der Waals surface area contributed by atoms with Crippen LogP contribution in [0.2, 0.25) is 0 Å². The number of fused-ring (bicyclic) bond motifs is 1. The van der Waals surface area contributed by atoms with Crippen LogP contribution in [0.4, 0.5) is 0 Å². The van der Waals surface area contributed by atoms with Gasteiger partial charge in [-0.2, -0.15) is 0 Å². The first-order valence-electron chi connectivity index (χ1n) is 13.3. The summed E-state index contributed by atoms with van der Waals surface area (Å²) in [5, 5.41) is 0. The Morgan fingerprint density at radius 3 is 2.25 bits per heavy atom. The van der Waals surface area contributed by atoms with E-state index in [1.165, 1.54) is 62.5 Å². The minimum absolute atomic E-state index is 0.0358. The van der Waals surface area contributed by atoms with Gasteiger partial charge in [-0.3, -0.25) is 0 Å². The second kappa shape index (κ2) is 13.3. The Labute approximate surface area is 199 Å². The molecule has 1 aliphatic heterocycles. The smallest absolute Gasteiger partial charge is 0.126 e. The summed E-state index contributed by atoms with van der Waals surface area (Å²) in [4.78, 5) is 0. The summed E-state index contributed by atoms with van der Waals surface area (Å²) in [6.07, 6.45) is 16.0. The maximum absolute atomic E-state index is 6.58. The average Bonchev–Trinajstić information content (AvgIpc) is 2.72. The van der Waals surface area contributed by atoms with E-state index >= 15 is 0 Å². The third-order valence-corrected chi connectivity index (χ3v) is 7.24. The van der Waals surface area contributed by atoms with Crippen molar-refractivity contribution in [2.24, 2.45) is 17.8 Å². The van der Waals surface area contributed by atoms with Crippen LogP contribution in [0.15, 0.2) is 24.8 Å². The van der Waals surface area contributed by atoms with Crippen LogP contribution >= 0.6 is 0 Å². The highest BCUT2D eigenvalue weighted by Gasteiger charge is 2.32. The molecule has 2 nitrogen and oxygen atoms in total. The van der Waals surface area contributed by atoms with Gasteiger partial charge in [0.15, 0.2) is 0 Å². The van der Waals surface area contributed by atoms with Crippen molar-refractivity contribution in [1.82, 2.24) is 0 Å². The Bertz CT molecular complexity index is 692. The van der Waals surface area contributed by atoms with Gasteiger partial charge < -0.3 is 9.47 Å². The van der Waals surface area contributed by atoms with Crippen molar-refractivity contribution in [2.75, 3.05) is 6.61 Å². The van der Waals surface area contributed by atoms with Gasteiger partial charge in [-0.25, -0.2) is 0 Å². The SMILES string of the molecule is C=CCOc1cc(C)c2c(c1)CCC(C)(CCCC(C)CCCC(C)CCCC(C)C)O2. The monoisotopic (exact) mass is 442 g/mol. The fourth-order valence-corrected chi connectivity index (χ4v) is 5.06. The van der Waals surface area contributed by atoms with E-state index in [1.807, 2.05) is 0 Å². The Morgan fingerprint density at radius 1 is 1.00 bits per heavy atom. The summed E-state index contributed by atoms with van der Waals surface area (Å²) >= 11 is 0. The summed E-state index contributed by atoms with van der Waals surface area (Å²) in [5.74, 6) is 4.58. The molecule has 3 atom stereocenters. The van der Waals surface area contributed by atoms with E-state index in [0.29, 0.717) is 6.61 Å². The molecule has 0 radical (unpaired) electrons. The van der Waals surface area contributed by atoms with Gasteiger partial charge in [-0.15, -0.1) is 0 Å². The topological polar surface area (TPSA) is 18.5 Å². The van der Waals surface area contributed by atoms with Crippen molar-refractivity contribution in [3.8, 4) is 11.5 Å². The summed E-state index contributed by atoms with van der Waals surface area (Å²) in [7, 11) is 0. The first-order valence-corrected chi connectivity index (χ1v) is 13.3. The van der Waals surface area contributed by atoms with Crippen LogP contribution in [0.25, 0.3) is 0 Å². The number of benzene rings is 1. The van der Waals surface area contributed by atoms with Crippen molar-refractivity contribution in [2.45, 2.75) is 118 Å². The molecule has 0 saturated carbocycles. The molecule has 3 unspecified atom stereocenters. The molecule has 0 fully saturated rings. The van der Waals surface area contributed by atoms with Crippen LogP contribution in [-0.4, -0.2) is 12.2 Å². The Kier molecular flexibility index (Phi) is 11.2. The predicted molar refractivity (Wildman–Crippen MR) is 139 cm³/mol. The van der Waals surface area contributed by atoms with Crippen molar-refractivity contribution in [3.63, 3.8) is 0 Å². The fraction of sp³-hybridized carbons (Fsp3) is 0.733. The number of aryl methyl sites for hydroxylation is 2. The summed E-state index contributed by atoms with van der Waals surface area (Å²) in [6.45, 7) is 18.3. The van der Waals surface area contributed by atoms with Crippen molar-refractivity contribution < 1.29 is 9.47 Å². The van der Waals surface area contributed by atoms with E-state index in [0.717, 1.165) is 48.5 Å². The predicted octanol–water partition coefficient (Wildman–Crippen LogP) is 9.08. The lowest BCUT2D eigenvalue weighted by Gasteiger charge is -2.37. The van der Waals surface area contributed by atoms with Gasteiger partial charge in [-0.1, -0.05) is 85.3 Å².